The molecule has 7 nitrogen and oxygen atoms in total. The zero-order valence-corrected chi connectivity index (χ0v) is 14.3. The van der Waals surface area contributed by atoms with Gasteiger partial charge in [0.2, 0.25) is 0 Å². The molecule has 0 radical (unpaired) electrons. The third-order valence-corrected chi connectivity index (χ3v) is 3.48. The highest BCUT2D eigenvalue weighted by atomic mass is 16.6. The van der Waals surface area contributed by atoms with Crippen molar-refractivity contribution < 1.29 is 14.8 Å². The highest BCUT2D eigenvalue weighted by Gasteiger charge is 2.32. The Balaban J connectivity index is 2.83. The van der Waals surface area contributed by atoms with Crippen LogP contribution in [0.15, 0.2) is 24.3 Å². The summed E-state index contributed by atoms with van der Waals surface area (Å²) in [6.07, 6.45) is -0.976. The van der Waals surface area contributed by atoms with Gasteiger partial charge in [-0.05, 0) is 32.3 Å². The Morgan fingerprint density at radius 2 is 1.83 bits per heavy atom. The maximum atomic E-state index is 11.5. The van der Waals surface area contributed by atoms with E-state index < -0.39 is 22.0 Å². The van der Waals surface area contributed by atoms with Gasteiger partial charge in [0, 0.05) is 24.7 Å². The van der Waals surface area contributed by atoms with Gasteiger partial charge in [0.25, 0.3) is 5.69 Å². The second kappa shape index (κ2) is 6.85. The first-order chi connectivity index (χ1) is 10.4. The van der Waals surface area contributed by atoms with Crippen molar-refractivity contribution in [2.75, 3.05) is 18.4 Å². The SMILES string of the molecule is CC(C)(CNc1ccccc1[N+](=O)[O-])CN(C(=O)O)C(C)(C)C. The molecule has 0 aliphatic heterocycles. The Labute approximate surface area is 136 Å². The fourth-order valence-corrected chi connectivity index (χ4v) is 2.19. The average molecular weight is 323 g/mol. The molecule has 1 rings (SSSR count). The Morgan fingerprint density at radius 1 is 1.26 bits per heavy atom. The molecule has 0 aliphatic carbocycles. The maximum absolute atomic E-state index is 11.5. The van der Waals surface area contributed by atoms with E-state index in [2.05, 4.69) is 5.32 Å². The minimum absolute atomic E-state index is 0.00853. The van der Waals surface area contributed by atoms with Gasteiger partial charge in [0.15, 0.2) is 0 Å². The monoisotopic (exact) mass is 323 g/mol. The number of hydrogen-bond acceptors (Lipinski definition) is 4. The second-order valence-electron chi connectivity index (χ2n) is 7.33. The number of nitro groups is 1. The van der Waals surface area contributed by atoms with Crippen molar-refractivity contribution in [2.24, 2.45) is 5.41 Å². The van der Waals surface area contributed by atoms with Crippen LogP contribution in [0.25, 0.3) is 0 Å². The summed E-state index contributed by atoms with van der Waals surface area (Å²) in [7, 11) is 0. The molecule has 0 fully saturated rings. The van der Waals surface area contributed by atoms with Crippen LogP contribution in [0.2, 0.25) is 0 Å². The van der Waals surface area contributed by atoms with E-state index in [1.807, 2.05) is 34.6 Å². The van der Waals surface area contributed by atoms with Crippen LogP contribution in [0, 0.1) is 15.5 Å². The molecule has 23 heavy (non-hydrogen) atoms. The van der Waals surface area contributed by atoms with E-state index in [4.69, 9.17) is 0 Å². The van der Waals surface area contributed by atoms with E-state index in [0.29, 0.717) is 18.8 Å². The molecule has 1 aromatic rings. The Morgan fingerprint density at radius 3 is 2.30 bits per heavy atom. The molecule has 0 aromatic heterocycles. The standard InChI is InChI=1S/C16H25N3O4/c1-15(2,3)18(14(20)21)11-16(4,5)10-17-12-8-6-7-9-13(12)19(22)23/h6-9,17H,10-11H2,1-5H3,(H,20,21). The summed E-state index contributed by atoms with van der Waals surface area (Å²) in [6, 6.07) is 6.42. The summed E-state index contributed by atoms with van der Waals surface area (Å²) in [5.41, 5.74) is -0.463. The van der Waals surface area contributed by atoms with Crippen LogP contribution < -0.4 is 5.32 Å². The molecule has 0 aliphatic rings. The summed E-state index contributed by atoms with van der Waals surface area (Å²) in [6.45, 7) is 10.1. The molecule has 0 bridgehead atoms. The number of hydrogen-bond donors (Lipinski definition) is 2. The number of rotatable bonds is 6. The molecule has 0 atom stereocenters. The number of carboxylic acid groups (broad SMARTS) is 1. The third-order valence-electron chi connectivity index (χ3n) is 3.48. The molecule has 1 aromatic carbocycles. The number of carbonyl (C=O) groups is 1. The number of benzene rings is 1. The smallest absolute Gasteiger partial charge is 0.407 e. The highest BCUT2D eigenvalue weighted by molar-refractivity contribution is 5.66. The Kier molecular flexibility index (Phi) is 5.58. The molecule has 0 saturated heterocycles. The van der Waals surface area contributed by atoms with E-state index in [-0.39, 0.29) is 5.69 Å². The predicted molar refractivity (Wildman–Crippen MR) is 89.9 cm³/mol. The normalized spacial score (nSPS) is 11.9. The van der Waals surface area contributed by atoms with Gasteiger partial charge < -0.3 is 15.3 Å². The van der Waals surface area contributed by atoms with Gasteiger partial charge in [0.1, 0.15) is 5.69 Å². The van der Waals surface area contributed by atoms with Gasteiger partial charge in [-0.3, -0.25) is 10.1 Å². The average Bonchev–Trinajstić information content (AvgIpc) is 2.41. The predicted octanol–water partition coefficient (Wildman–Crippen LogP) is 3.81. The minimum atomic E-state index is -0.976. The first-order valence-electron chi connectivity index (χ1n) is 7.42. The first kappa shape index (κ1) is 18.7. The fraction of sp³-hybridized carbons (Fsp3) is 0.562. The van der Waals surface area contributed by atoms with Crippen LogP contribution in [-0.4, -0.2) is 39.7 Å². The van der Waals surface area contributed by atoms with Crippen molar-refractivity contribution in [3.8, 4) is 0 Å². The summed E-state index contributed by atoms with van der Waals surface area (Å²) in [5, 5.41) is 23.5. The lowest BCUT2D eigenvalue weighted by atomic mass is 9.90. The van der Waals surface area contributed by atoms with E-state index in [0.717, 1.165) is 0 Å². The Hall–Kier alpha value is -2.31. The van der Waals surface area contributed by atoms with Crippen LogP contribution in [0.5, 0.6) is 0 Å². The van der Waals surface area contributed by atoms with Gasteiger partial charge in [-0.2, -0.15) is 0 Å². The van der Waals surface area contributed by atoms with E-state index in [1.165, 1.54) is 11.0 Å². The summed E-state index contributed by atoms with van der Waals surface area (Å²) in [5.74, 6) is 0. The minimum Gasteiger partial charge on any atom is -0.465 e. The number of nitrogens with one attached hydrogen (secondary N) is 1. The van der Waals surface area contributed by atoms with E-state index >= 15 is 0 Å². The van der Waals surface area contributed by atoms with Crippen LogP contribution in [-0.2, 0) is 0 Å². The molecule has 0 saturated carbocycles. The second-order valence-corrected chi connectivity index (χ2v) is 7.33. The van der Waals surface area contributed by atoms with Gasteiger partial charge in [-0.25, -0.2) is 4.79 Å². The van der Waals surface area contributed by atoms with Crippen LogP contribution in [0.3, 0.4) is 0 Å². The maximum Gasteiger partial charge on any atom is 0.407 e. The molecule has 0 heterocycles. The van der Waals surface area contributed by atoms with Gasteiger partial charge in [0.05, 0.1) is 4.92 Å². The summed E-state index contributed by atoms with van der Waals surface area (Å²) in [4.78, 5) is 23.4. The largest absolute Gasteiger partial charge is 0.465 e. The lowest BCUT2D eigenvalue weighted by Gasteiger charge is -2.39. The van der Waals surface area contributed by atoms with Crippen LogP contribution >= 0.6 is 0 Å². The van der Waals surface area contributed by atoms with Crippen molar-refractivity contribution in [2.45, 2.75) is 40.2 Å². The zero-order valence-electron chi connectivity index (χ0n) is 14.3. The topological polar surface area (TPSA) is 95.7 Å². The van der Waals surface area contributed by atoms with E-state index in [1.54, 1.807) is 18.2 Å². The molecule has 0 spiro atoms. The van der Waals surface area contributed by atoms with Gasteiger partial charge >= 0.3 is 6.09 Å². The summed E-state index contributed by atoms with van der Waals surface area (Å²) < 4.78 is 0. The summed E-state index contributed by atoms with van der Waals surface area (Å²) >= 11 is 0. The van der Waals surface area contributed by atoms with Crippen molar-refractivity contribution in [1.82, 2.24) is 4.90 Å². The van der Waals surface area contributed by atoms with Crippen molar-refractivity contribution in [3.63, 3.8) is 0 Å². The molecule has 0 unspecified atom stereocenters. The van der Waals surface area contributed by atoms with Crippen molar-refractivity contribution in [1.29, 1.82) is 0 Å². The molecule has 1 amide bonds. The number of amides is 1. The Bertz CT molecular complexity index is 579. The third kappa shape index (κ3) is 5.43. The number of nitro benzene ring substituents is 1. The molecular weight excluding hydrogens is 298 g/mol. The molecule has 128 valence electrons. The lowest BCUT2D eigenvalue weighted by Crippen LogP contribution is -2.50. The molecular formula is C16H25N3O4. The fourth-order valence-electron chi connectivity index (χ4n) is 2.19. The zero-order chi connectivity index (χ0) is 17.8. The molecule has 7 heteroatoms. The van der Waals surface area contributed by atoms with Crippen LogP contribution in [0.1, 0.15) is 34.6 Å². The number of anilines is 1. The van der Waals surface area contributed by atoms with Crippen LogP contribution in [0.4, 0.5) is 16.2 Å². The van der Waals surface area contributed by atoms with Crippen molar-refractivity contribution in [3.05, 3.63) is 34.4 Å². The highest BCUT2D eigenvalue weighted by Crippen LogP contribution is 2.27. The first-order valence-corrected chi connectivity index (χ1v) is 7.42. The lowest BCUT2D eigenvalue weighted by molar-refractivity contribution is -0.384. The van der Waals surface area contributed by atoms with Crippen molar-refractivity contribution >= 4 is 17.5 Å². The van der Waals surface area contributed by atoms with Gasteiger partial charge in [-0.15, -0.1) is 0 Å². The quantitative estimate of drug-likeness (QED) is 0.613. The van der Waals surface area contributed by atoms with Gasteiger partial charge in [-0.1, -0.05) is 26.0 Å². The van der Waals surface area contributed by atoms with E-state index in [9.17, 15) is 20.0 Å². The number of nitrogens with zero attached hydrogens (tertiary/aromatic N) is 2. The molecule has 2 N–H and O–H groups in total. The number of para-hydroxylation sites is 2.